The highest BCUT2D eigenvalue weighted by Crippen LogP contribution is 2.27. The number of azide groups is 1. The van der Waals surface area contributed by atoms with Crippen molar-refractivity contribution in [3.63, 3.8) is 0 Å². The predicted molar refractivity (Wildman–Crippen MR) is 59.0 cm³/mol. The first-order valence-electron chi connectivity index (χ1n) is 5.25. The molecule has 16 heavy (non-hydrogen) atoms. The number of hydrogen-bond donors (Lipinski definition) is 1. The largest absolute Gasteiger partial charge is 0.488 e. The minimum atomic E-state index is -0.712. The quantitative estimate of drug-likeness (QED) is 0.480. The van der Waals surface area contributed by atoms with Gasteiger partial charge in [-0.15, -0.1) is 0 Å². The van der Waals surface area contributed by atoms with Gasteiger partial charge < -0.3 is 9.84 Å². The maximum atomic E-state index is 9.85. The van der Waals surface area contributed by atoms with Crippen LogP contribution in [0.4, 0.5) is 0 Å². The van der Waals surface area contributed by atoms with Gasteiger partial charge in [0.1, 0.15) is 11.9 Å². The molecule has 0 aliphatic heterocycles. The number of benzene rings is 1. The van der Waals surface area contributed by atoms with Gasteiger partial charge in [-0.3, -0.25) is 0 Å². The normalized spacial score (nSPS) is 28.4. The van der Waals surface area contributed by atoms with Crippen molar-refractivity contribution in [1.82, 2.24) is 0 Å². The molecule has 84 valence electrons. The summed E-state index contributed by atoms with van der Waals surface area (Å²) >= 11 is 0. The van der Waals surface area contributed by atoms with Crippen LogP contribution in [0.1, 0.15) is 12.8 Å². The molecule has 1 aromatic carbocycles. The Morgan fingerprint density at radius 1 is 1.31 bits per heavy atom. The number of hydrogen-bond acceptors (Lipinski definition) is 3. The van der Waals surface area contributed by atoms with Crippen molar-refractivity contribution in [1.29, 1.82) is 0 Å². The van der Waals surface area contributed by atoms with E-state index in [1.807, 2.05) is 30.3 Å². The van der Waals surface area contributed by atoms with E-state index in [9.17, 15) is 5.11 Å². The number of aliphatic hydroxyl groups excluding tert-OH is 1. The Labute approximate surface area is 93.3 Å². The van der Waals surface area contributed by atoms with Crippen LogP contribution in [0.5, 0.6) is 5.75 Å². The van der Waals surface area contributed by atoms with Gasteiger partial charge in [0.15, 0.2) is 0 Å². The zero-order chi connectivity index (χ0) is 11.4. The van der Waals surface area contributed by atoms with Gasteiger partial charge in [0.2, 0.25) is 0 Å². The highest BCUT2D eigenvalue weighted by Gasteiger charge is 2.35. The van der Waals surface area contributed by atoms with Gasteiger partial charge in [-0.25, -0.2) is 0 Å². The van der Waals surface area contributed by atoms with Gasteiger partial charge in [-0.1, -0.05) is 23.3 Å². The molecule has 0 amide bonds. The molecule has 2 rings (SSSR count). The second kappa shape index (κ2) is 4.88. The second-order valence-corrected chi connectivity index (χ2v) is 3.81. The Bertz CT molecular complexity index is 389. The molecule has 1 aliphatic carbocycles. The van der Waals surface area contributed by atoms with E-state index in [-0.39, 0.29) is 12.1 Å². The standard InChI is InChI=1S/C11H13N3O2/c12-14-13-9-6-7-10(11(9)15)16-8-4-2-1-3-5-8/h1-5,9-11,15H,6-7H2. The zero-order valence-electron chi connectivity index (χ0n) is 8.73. The summed E-state index contributed by atoms with van der Waals surface area (Å²) in [4.78, 5) is 2.72. The summed E-state index contributed by atoms with van der Waals surface area (Å²) in [7, 11) is 0. The van der Waals surface area contributed by atoms with Crippen LogP contribution in [0, 0.1) is 0 Å². The van der Waals surface area contributed by atoms with E-state index in [1.165, 1.54) is 0 Å². The van der Waals surface area contributed by atoms with E-state index >= 15 is 0 Å². The molecular weight excluding hydrogens is 206 g/mol. The lowest BCUT2D eigenvalue weighted by Crippen LogP contribution is -2.31. The second-order valence-electron chi connectivity index (χ2n) is 3.81. The summed E-state index contributed by atoms with van der Waals surface area (Å²) in [6.07, 6.45) is 0.386. The maximum Gasteiger partial charge on any atom is 0.125 e. The first-order valence-corrected chi connectivity index (χ1v) is 5.25. The molecule has 5 heteroatoms. The van der Waals surface area contributed by atoms with Crippen LogP contribution in [-0.2, 0) is 0 Å². The van der Waals surface area contributed by atoms with Crippen molar-refractivity contribution in [2.24, 2.45) is 5.11 Å². The third kappa shape index (κ3) is 2.27. The molecule has 0 heterocycles. The summed E-state index contributed by atoms with van der Waals surface area (Å²) < 4.78 is 5.63. The molecule has 1 saturated carbocycles. The SMILES string of the molecule is [N-]=[N+]=NC1CCC(Oc2ccccc2)C1O. The lowest BCUT2D eigenvalue weighted by atomic mass is 10.2. The van der Waals surface area contributed by atoms with Crippen LogP contribution in [0.3, 0.4) is 0 Å². The van der Waals surface area contributed by atoms with Gasteiger partial charge in [0.05, 0.1) is 12.1 Å². The molecule has 1 fully saturated rings. The van der Waals surface area contributed by atoms with Crippen molar-refractivity contribution >= 4 is 0 Å². The lowest BCUT2D eigenvalue weighted by Gasteiger charge is -2.18. The molecule has 0 radical (unpaired) electrons. The van der Waals surface area contributed by atoms with E-state index in [0.717, 1.165) is 5.75 Å². The molecule has 3 atom stereocenters. The minimum Gasteiger partial charge on any atom is -0.488 e. The fraction of sp³-hybridized carbons (Fsp3) is 0.455. The average molecular weight is 219 g/mol. The Kier molecular flexibility index (Phi) is 3.29. The predicted octanol–water partition coefficient (Wildman–Crippen LogP) is 2.27. The topological polar surface area (TPSA) is 78.2 Å². The van der Waals surface area contributed by atoms with Crippen LogP contribution in [-0.4, -0.2) is 23.4 Å². The van der Waals surface area contributed by atoms with Gasteiger partial charge in [-0.05, 0) is 30.5 Å². The summed E-state index contributed by atoms with van der Waals surface area (Å²) in [6.45, 7) is 0. The molecule has 1 aliphatic rings. The number of rotatable bonds is 3. The highest BCUT2D eigenvalue weighted by atomic mass is 16.5. The molecule has 0 saturated heterocycles. The molecular formula is C11H13N3O2. The highest BCUT2D eigenvalue weighted by molar-refractivity contribution is 5.21. The van der Waals surface area contributed by atoms with Gasteiger partial charge in [0, 0.05) is 4.91 Å². The van der Waals surface area contributed by atoms with Crippen molar-refractivity contribution < 1.29 is 9.84 Å². The van der Waals surface area contributed by atoms with Crippen molar-refractivity contribution in [3.8, 4) is 5.75 Å². The molecule has 1 aromatic rings. The van der Waals surface area contributed by atoms with Crippen LogP contribution in [0.2, 0.25) is 0 Å². The number of para-hydroxylation sites is 1. The van der Waals surface area contributed by atoms with E-state index in [2.05, 4.69) is 10.0 Å². The molecule has 0 spiro atoms. The molecule has 0 bridgehead atoms. The van der Waals surface area contributed by atoms with Crippen molar-refractivity contribution in [2.75, 3.05) is 0 Å². The Balaban J connectivity index is 2.00. The lowest BCUT2D eigenvalue weighted by molar-refractivity contribution is 0.0522. The Hall–Kier alpha value is -1.71. The number of ether oxygens (including phenoxy) is 1. The minimum absolute atomic E-state index is 0.280. The average Bonchev–Trinajstić information content (AvgIpc) is 2.64. The monoisotopic (exact) mass is 219 g/mol. The van der Waals surface area contributed by atoms with Crippen molar-refractivity contribution in [3.05, 3.63) is 40.8 Å². The summed E-state index contributed by atoms with van der Waals surface area (Å²) in [5.74, 6) is 0.730. The van der Waals surface area contributed by atoms with E-state index in [1.54, 1.807) is 0 Å². The fourth-order valence-electron chi connectivity index (χ4n) is 1.92. The smallest absolute Gasteiger partial charge is 0.125 e. The first kappa shape index (κ1) is 10.8. The Morgan fingerprint density at radius 3 is 2.75 bits per heavy atom. The fourth-order valence-corrected chi connectivity index (χ4v) is 1.92. The Morgan fingerprint density at radius 2 is 2.06 bits per heavy atom. The van der Waals surface area contributed by atoms with Crippen LogP contribution in [0.25, 0.3) is 10.4 Å². The van der Waals surface area contributed by atoms with E-state index < -0.39 is 6.10 Å². The summed E-state index contributed by atoms with van der Waals surface area (Å²) in [5.41, 5.74) is 8.33. The van der Waals surface area contributed by atoms with Gasteiger partial charge in [0.25, 0.3) is 0 Å². The maximum absolute atomic E-state index is 9.85. The zero-order valence-corrected chi connectivity index (χ0v) is 8.73. The van der Waals surface area contributed by atoms with Gasteiger partial charge >= 0.3 is 0 Å². The third-order valence-electron chi connectivity index (χ3n) is 2.75. The molecule has 3 unspecified atom stereocenters. The number of aliphatic hydroxyl groups is 1. The number of nitrogens with zero attached hydrogens (tertiary/aromatic N) is 3. The molecule has 1 N–H and O–H groups in total. The summed E-state index contributed by atoms with van der Waals surface area (Å²) in [5, 5.41) is 13.4. The summed E-state index contributed by atoms with van der Waals surface area (Å²) in [6, 6.07) is 8.98. The third-order valence-corrected chi connectivity index (χ3v) is 2.75. The first-order chi connectivity index (χ1) is 7.81. The van der Waals surface area contributed by atoms with Crippen LogP contribution < -0.4 is 4.74 Å². The van der Waals surface area contributed by atoms with E-state index in [0.29, 0.717) is 12.8 Å². The molecule has 5 nitrogen and oxygen atoms in total. The van der Waals surface area contributed by atoms with Crippen LogP contribution >= 0.6 is 0 Å². The molecule has 0 aromatic heterocycles. The van der Waals surface area contributed by atoms with Gasteiger partial charge in [-0.2, -0.15) is 0 Å². The van der Waals surface area contributed by atoms with E-state index in [4.69, 9.17) is 10.3 Å². The van der Waals surface area contributed by atoms with Crippen LogP contribution in [0.15, 0.2) is 35.4 Å². The van der Waals surface area contributed by atoms with Crippen molar-refractivity contribution in [2.45, 2.75) is 31.1 Å².